The fraction of sp³-hybridized carbons (Fsp3) is 0.444. The number of aryl methyl sites for hydroxylation is 1. The van der Waals surface area contributed by atoms with Crippen LogP contribution in [0, 0.1) is 12.7 Å². The molecule has 1 aliphatic heterocycles. The number of nitrogens with zero attached hydrogens (tertiary/aromatic N) is 3. The van der Waals surface area contributed by atoms with Crippen molar-refractivity contribution in [3.63, 3.8) is 0 Å². The first-order chi connectivity index (χ1) is 19.2. The van der Waals surface area contributed by atoms with Crippen molar-refractivity contribution in [2.45, 2.75) is 56.5 Å². The number of halogens is 4. The Bertz CT molecular complexity index is 1380. The second kappa shape index (κ2) is 11.7. The maximum absolute atomic E-state index is 14.6. The van der Waals surface area contributed by atoms with Gasteiger partial charge in [0, 0.05) is 24.5 Å². The molecule has 1 fully saturated rings. The van der Waals surface area contributed by atoms with Gasteiger partial charge in [0.2, 0.25) is 0 Å². The molecule has 2 amide bonds. The maximum Gasteiger partial charge on any atom is 0.412 e. The Morgan fingerprint density at radius 3 is 2.54 bits per heavy atom. The molecule has 1 aliphatic rings. The Balaban J connectivity index is 1.62. The molecule has 1 aromatic heterocycles. The zero-order valence-electron chi connectivity index (χ0n) is 23.1. The van der Waals surface area contributed by atoms with Crippen molar-refractivity contribution in [3.05, 3.63) is 70.2 Å². The van der Waals surface area contributed by atoms with Crippen LogP contribution in [-0.4, -0.2) is 56.0 Å². The van der Waals surface area contributed by atoms with Crippen molar-refractivity contribution in [2.75, 3.05) is 25.5 Å². The summed E-state index contributed by atoms with van der Waals surface area (Å²) in [7, 11) is 1.33. The third-order valence-electron chi connectivity index (χ3n) is 6.96. The lowest BCUT2D eigenvalue weighted by molar-refractivity contribution is -0.153. The van der Waals surface area contributed by atoms with Crippen molar-refractivity contribution in [1.29, 1.82) is 0 Å². The largest absolute Gasteiger partial charge is 0.598 e. The molecule has 2 heterocycles. The van der Waals surface area contributed by atoms with Crippen molar-refractivity contribution in [3.8, 4) is 5.75 Å². The van der Waals surface area contributed by atoms with Crippen molar-refractivity contribution in [1.82, 2.24) is 19.0 Å². The molecular formula is C27H31F4N5O3S2. The quantitative estimate of drug-likeness (QED) is 0.255. The van der Waals surface area contributed by atoms with Gasteiger partial charge in [-0.25, -0.2) is 14.2 Å². The van der Waals surface area contributed by atoms with Gasteiger partial charge in [-0.15, -0.1) is 4.72 Å². The average molecular weight is 614 g/mol. The topological polar surface area (TPSA) is 102 Å². The molecule has 0 spiro atoms. The minimum atomic E-state index is -4.77. The monoisotopic (exact) mass is 613 g/mol. The third-order valence-corrected chi connectivity index (χ3v) is 9.39. The number of benzene rings is 2. The highest BCUT2D eigenvalue weighted by molar-refractivity contribution is 7.90. The van der Waals surface area contributed by atoms with Gasteiger partial charge in [-0.05, 0) is 80.5 Å². The number of likely N-dealkylation sites (tertiary alicyclic amines) is 1. The molecule has 0 radical (unpaired) electrons. The number of hydrogen-bond acceptors (Lipinski definition) is 7. The first-order valence-electron chi connectivity index (χ1n) is 12.7. The first kappa shape index (κ1) is 31.0. The van der Waals surface area contributed by atoms with Crippen LogP contribution in [-0.2, 0) is 16.8 Å². The van der Waals surface area contributed by atoms with E-state index >= 15 is 0 Å². The second-order valence-electron chi connectivity index (χ2n) is 10.8. The van der Waals surface area contributed by atoms with E-state index in [0.29, 0.717) is 22.6 Å². The van der Waals surface area contributed by atoms with Crippen LogP contribution in [0.2, 0.25) is 0 Å². The first-order valence-corrected chi connectivity index (χ1v) is 14.6. The fourth-order valence-corrected chi connectivity index (χ4v) is 6.18. The van der Waals surface area contributed by atoms with Gasteiger partial charge in [-0.1, -0.05) is 18.2 Å². The van der Waals surface area contributed by atoms with Gasteiger partial charge in [0.25, 0.3) is 0 Å². The summed E-state index contributed by atoms with van der Waals surface area (Å²) >= 11 is -0.858. The molecule has 2 aromatic carbocycles. The summed E-state index contributed by atoms with van der Waals surface area (Å²) in [5.41, 5.74) is 0.103. The summed E-state index contributed by atoms with van der Waals surface area (Å²) in [6, 6.07) is 5.77. The molecule has 3 atom stereocenters. The van der Waals surface area contributed by atoms with E-state index in [2.05, 4.69) is 19.4 Å². The number of carbonyl (C=O) groups excluding carboxylic acids is 1. The van der Waals surface area contributed by atoms with E-state index in [4.69, 9.17) is 4.74 Å². The van der Waals surface area contributed by atoms with Gasteiger partial charge in [0.05, 0.1) is 18.2 Å². The second-order valence-corrected chi connectivity index (χ2v) is 13.6. The number of rotatable bonds is 7. The standard InChI is InChI=1S/C27H31F4N5O3S2/c1-16-6-8-18(13-19(16)28)26(23-32-15-33-40-23)10-11-36(14-26)24(37)34-20-12-17(7-9-21(20)39-5)22(27(29,30)31)35-41(38)25(2,3)4/h6-9,12-13,15,22,35H,10-11,14H2,1-5H3,(H,34,37)/t22-,26+,41?/m1/s1. The minimum absolute atomic E-state index is 0.0161. The summed E-state index contributed by atoms with van der Waals surface area (Å²) in [5, 5.41) is 3.30. The lowest BCUT2D eigenvalue weighted by atomic mass is 9.80. The Morgan fingerprint density at radius 2 is 1.95 bits per heavy atom. The van der Waals surface area contributed by atoms with E-state index in [1.54, 1.807) is 39.8 Å². The van der Waals surface area contributed by atoms with Crippen LogP contribution in [0.4, 0.5) is 28.0 Å². The molecule has 8 nitrogen and oxygen atoms in total. The molecule has 0 aliphatic carbocycles. The van der Waals surface area contributed by atoms with Crippen LogP contribution in [0.25, 0.3) is 0 Å². The minimum Gasteiger partial charge on any atom is -0.598 e. The van der Waals surface area contributed by atoms with Crippen molar-refractivity contribution in [2.24, 2.45) is 0 Å². The van der Waals surface area contributed by atoms with Crippen LogP contribution in [0.5, 0.6) is 5.75 Å². The van der Waals surface area contributed by atoms with E-state index < -0.39 is 39.8 Å². The molecule has 14 heteroatoms. The Labute approximate surface area is 243 Å². The van der Waals surface area contributed by atoms with Crippen LogP contribution >= 0.6 is 11.5 Å². The van der Waals surface area contributed by atoms with Gasteiger partial charge < -0.3 is 19.5 Å². The predicted octanol–water partition coefficient (Wildman–Crippen LogP) is 5.87. The van der Waals surface area contributed by atoms with E-state index in [1.807, 2.05) is 0 Å². The van der Waals surface area contributed by atoms with E-state index in [1.165, 1.54) is 36.5 Å². The molecule has 3 aromatic rings. The highest BCUT2D eigenvalue weighted by Crippen LogP contribution is 2.43. The lowest BCUT2D eigenvalue weighted by Crippen LogP contribution is -2.45. The Hall–Kier alpha value is -2.94. The predicted molar refractivity (Wildman–Crippen MR) is 150 cm³/mol. The number of methoxy groups -OCH3 is 1. The number of carbonyl (C=O) groups is 1. The van der Waals surface area contributed by atoms with Gasteiger partial charge in [-0.2, -0.15) is 17.5 Å². The summed E-state index contributed by atoms with van der Waals surface area (Å²) in [6.45, 7) is 6.77. The van der Waals surface area contributed by atoms with E-state index in [9.17, 15) is 26.9 Å². The van der Waals surface area contributed by atoms with Gasteiger partial charge in [0.15, 0.2) is 6.04 Å². The normalized spacial score (nSPS) is 19.2. The number of urea groups is 1. The molecule has 0 saturated carbocycles. The van der Waals surface area contributed by atoms with Crippen LogP contribution in [0.15, 0.2) is 42.7 Å². The van der Waals surface area contributed by atoms with E-state index in [0.717, 1.165) is 17.6 Å². The zero-order chi connectivity index (χ0) is 30.2. The van der Waals surface area contributed by atoms with Crippen LogP contribution < -0.4 is 14.8 Å². The number of hydrogen-bond donors (Lipinski definition) is 2. The fourth-order valence-electron chi connectivity index (χ4n) is 4.60. The smallest absolute Gasteiger partial charge is 0.412 e. The number of amides is 2. The average Bonchev–Trinajstić information content (AvgIpc) is 3.59. The highest BCUT2D eigenvalue weighted by Gasteiger charge is 2.47. The van der Waals surface area contributed by atoms with E-state index in [-0.39, 0.29) is 35.9 Å². The molecule has 41 heavy (non-hydrogen) atoms. The maximum atomic E-state index is 14.6. The summed E-state index contributed by atoms with van der Waals surface area (Å²) in [4.78, 5) is 19.3. The van der Waals surface area contributed by atoms with Crippen LogP contribution in [0.3, 0.4) is 0 Å². The van der Waals surface area contributed by atoms with Crippen LogP contribution in [0.1, 0.15) is 54.9 Å². The molecule has 1 saturated heterocycles. The summed E-state index contributed by atoms with van der Waals surface area (Å²) in [5.74, 6) is -0.230. The summed E-state index contributed by atoms with van der Waals surface area (Å²) < 4.78 is 79.9. The molecule has 222 valence electrons. The molecular weight excluding hydrogens is 582 g/mol. The number of ether oxygens (including phenoxy) is 1. The number of alkyl halides is 3. The molecule has 1 unspecified atom stereocenters. The highest BCUT2D eigenvalue weighted by atomic mass is 32.2. The van der Waals surface area contributed by atoms with Crippen molar-refractivity contribution >= 4 is 34.6 Å². The van der Waals surface area contributed by atoms with Gasteiger partial charge in [0.1, 0.15) is 27.6 Å². The van der Waals surface area contributed by atoms with Gasteiger partial charge >= 0.3 is 12.2 Å². The number of aromatic nitrogens is 2. The lowest BCUT2D eigenvalue weighted by Gasteiger charge is -2.29. The molecule has 4 rings (SSSR count). The SMILES string of the molecule is COc1ccc([C@@H](N[S+]([O-])C(C)(C)C)C(F)(F)F)cc1NC(=O)N1CC[C@](c2ccc(C)c(F)c2)(c2ncns2)C1. The number of anilines is 1. The third kappa shape index (κ3) is 6.60. The van der Waals surface area contributed by atoms with Gasteiger partial charge in [-0.3, -0.25) is 0 Å². The Kier molecular flexibility index (Phi) is 8.88. The molecule has 0 bridgehead atoms. The summed E-state index contributed by atoms with van der Waals surface area (Å²) in [6.07, 6.45) is -2.92. The number of nitrogens with one attached hydrogen (secondary N) is 2. The Morgan fingerprint density at radius 1 is 1.22 bits per heavy atom. The molecule has 2 N–H and O–H groups in total. The van der Waals surface area contributed by atoms with Crippen molar-refractivity contribution < 1.29 is 31.6 Å². The zero-order valence-corrected chi connectivity index (χ0v) is 24.8.